The lowest BCUT2D eigenvalue weighted by Crippen LogP contribution is -2.15. The third kappa shape index (κ3) is 2.82. The van der Waals surface area contributed by atoms with Crippen LogP contribution in [0.1, 0.15) is 18.5 Å². The monoisotopic (exact) mass is 322 g/mol. The first-order valence-corrected chi connectivity index (χ1v) is 7.07. The minimum atomic E-state index is 0.659. The molecule has 100 valence electrons. The topological polar surface area (TPSA) is 47.3 Å². The Kier molecular flexibility index (Phi) is 3.57. The maximum Gasteiger partial charge on any atom is 0.181 e. The van der Waals surface area contributed by atoms with Gasteiger partial charge in [0.2, 0.25) is 0 Å². The molecule has 1 aromatic heterocycles. The Morgan fingerprint density at radius 3 is 3.00 bits per heavy atom. The van der Waals surface area contributed by atoms with E-state index in [-0.39, 0.29) is 0 Å². The van der Waals surface area contributed by atoms with Crippen molar-refractivity contribution in [2.24, 2.45) is 0 Å². The predicted octanol–water partition coefficient (Wildman–Crippen LogP) is 3.36. The molecule has 1 aliphatic rings. The second-order valence-corrected chi connectivity index (χ2v) is 5.49. The Morgan fingerprint density at radius 1 is 1.47 bits per heavy atom. The zero-order valence-corrected chi connectivity index (χ0v) is 12.2. The molecule has 1 fully saturated rings. The van der Waals surface area contributed by atoms with Crippen LogP contribution >= 0.6 is 15.9 Å². The first-order chi connectivity index (χ1) is 9.28. The fourth-order valence-electron chi connectivity index (χ4n) is 1.97. The van der Waals surface area contributed by atoms with Crippen LogP contribution in [0.3, 0.4) is 0 Å². The van der Waals surface area contributed by atoms with Gasteiger partial charge in [-0.2, -0.15) is 0 Å². The van der Waals surface area contributed by atoms with E-state index in [0.29, 0.717) is 6.04 Å². The molecule has 1 N–H and O–H groups in total. The molecule has 3 rings (SSSR count). The summed E-state index contributed by atoms with van der Waals surface area (Å²) in [5.41, 5.74) is 1.95. The summed E-state index contributed by atoms with van der Waals surface area (Å²) in [7, 11) is 1.65. The van der Waals surface area contributed by atoms with E-state index < -0.39 is 0 Å². The minimum Gasteiger partial charge on any atom is -0.496 e. The van der Waals surface area contributed by atoms with Gasteiger partial charge in [0.1, 0.15) is 11.4 Å². The van der Waals surface area contributed by atoms with Crippen LogP contribution in [0.25, 0.3) is 11.3 Å². The molecular formula is C14H15BrN2O2. The molecule has 0 atom stereocenters. The molecule has 1 heterocycles. The lowest BCUT2D eigenvalue weighted by atomic mass is 10.1. The molecule has 0 spiro atoms. The highest BCUT2D eigenvalue weighted by Crippen LogP contribution is 2.32. The average molecular weight is 323 g/mol. The van der Waals surface area contributed by atoms with Crippen molar-refractivity contribution in [3.05, 3.63) is 34.8 Å². The molecule has 4 nitrogen and oxygen atoms in total. The smallest absolute Gasteiger partial charge is 0.181 e. The normalized spacial score (nSPS) is 14.6. The highest BCUT2D eigenvalue weighted by atomic mass is 79.9. The van der Waals surface area contributed by atoms with Crippen molar-refractivity contribution in [1.82, 2.24) is 10.3 Å². The number of aromatic nitrogens is 1. The minimum absolute atomic E-state index is 0.659. The number of oxazole rings is 1. The molecule has 1 saturated carbocycles. The number of ether oxygens (including phenoxy) is 1. The SMILES string of the molecule is COc1ccc(-c2ocnc2CNC2CC2)cc1Br. The molecule has 5 heteroatoms. The van der Waals surface area contributed by atoms with Crippen molar-refractivity contribution >= 4 is 15.9 Å². The number of hydrogen-bond donors (Lipinski definition) is 1. The summed E-state index contributed by atoms with van der Waals surface area (Å²) in [6.07, 6.45) is 4.03. The summed E-state index contributed by atoms with van der Waals surface area (Å²) in [5, 5.41) is 3.45. The number of nitrogens with zero attached hydrogens (tertiary/aromatic N) is 1. The molecule has 0 saturated heterocycles. The van der Waals surface area contributed by atoms with E-state index >= 15 is 0 Å². The van der Waals surface area contributed by atoms with E-state index in [1.54, 1.807) is 7.11 Å². The maximum absolute atomic E-state index is 5.52. The third-order valence-corrected chi connectivity index (χ3v) is 3.81. The van der Waals surface area contributed by atoms with Crippen molar-refractivity contribution in [2.75, 3.05) is 7.11 Å². The van der Waals surface area contributed by atoms with E-state index in [9.17, 15) is 0 Å². The summed E-state index contributed by atoms with van der Waals surface area (Å²) in [4.78, 5) is 4.29. The lowest BCUT2D eigenvalue weighted by Gasteiger charge is -2.06. The predicted molar refractivity (Wildman–Crippen MR) is 76.1 cm³/mol. The van der Waals surface area contributed by atoms with Gasteiger partial charge in [0.25, 0.3) is 0 Å². The van der Waals surface area contributed by atoms with Crippen molar-refractivity contribution in [2.45, 2.75) is 25.4 Å². The number of benzene rings is 1. The van der Waals surface area contributed by atoms with Crippen molar-refractivity contribution in [1.29, 1.82) is 0 Å². The van der Waals surface area contributed by atoms with Gasteiger partial charge in [0.15, 0.2) is 12.2 Å². The third-order valence-electron chi connectivity index (χ3n) is 3.19. The largest absolute Gasteiger partial charge is 0.496 e. The van der Waals surface area contributed by atoms with Gasteiger partial charge in [-0.25, -0.2) is 4.98 Å². The average Bonchev–Trinajstić information content (AvgIpc) is 3.13. The standard InChI is InChI=1S/C14H15BrN2O2/c1-18-13-5-2-9(6-11(13)15)14-12(17-8-19-14)7-16-10-3-4-10/h2,5-6,8,10,16H,3-4,7H2,1H3. The molecule has 0 aliphatic heterocycles. The first-order valence-electron chi connectivity index (χ1n) is 6.27. The molecule has 0 radical (unpaired) electrons. The summed E-state index contributed by atoms with van der Waals surface area (Å²) in [6, 6.07) is 6.54. The fourth-order valence-corrected chi connectivity index (χ4v) is 2.51. The van der Waals surface area contributed by atoms with Gasteiger partial charge >= 0.3 is 0 Å². The van der Waals surface area contributed by atoms with E-state index in [0.717, 1.165) is 33.8 Å². The van der Waals surface area contributed by atoms with Gasteiger partial charge in [-0.1, -0.05) is 0 Å². The quantitative estimate of drug-likeness (QED) is 0.916. The highest BCUT2D eigenvalue weighted by molar-refractivity contribution is 9.10. The summed E-state index contributed by atoms with van der Waals surface area (Å²) >= 11 is 3.49. The maximum atomic E-state index is 5.52. The van der Waals surface area contributed by atoms with Crippen molar-refractivity contribution in [3.8, 4) is 17.1 Å². The molecule has 0 unspecified atom stereocenters. The molecular weight excluding hydrogens is 308 g/mol. The number of halogens is 1. The molecule has 1 aliphatic carbocycles. The van der Waals surface area contributed by atoms with Gasteiger partial charge in [-0.3, -0.25) is 0 Å². The number of hydrogen-bond acceptors (Lipinski definition) is 4. The number of nitrogens with one attached hydrogen (secondary N) is 1. The van der Waals surface area contributed by atoms with Crippen LogP contribution in [-0.2, 0) is 6.54 Å². The van der Waals surface area contributed by atoms with E-state index in [1.165, 1.54) is 19.2 Å². The zero-order chi connectivity index (χ0) is 13.2. The Balaban J connectivity index is 1.84. The Hall–Kier alpha value is -1.33. The molecule has 0 amide bonds. The van der Waals surface area contributed by atoms with Crippen LogP contribution < -0.4 is 10.1 Å². The van der Waals surface area contributed by atoms with E-state index in [1.807, 2.05) is 18.2 Å². The van der Waals surface area contributed by atoms with E-state index in [4.69, 9.17) is 9.15 Å². The van der Waals surface area contributed by atoms with Crippen LogP contribution in [-0.4, -0.2) is 18.1 Å². The zero-order valence-electron chi connectivity index (χ0n) is 10.6. The van der Waals surface area contributed by atoms with Gasteiger partial charge in [0.05, 0.1) is 11.6 Å². The van der Waals surface area contributed by atoms with Crippen LogP contribution in [0.4, 0.5) is 0 Å². The van der Waals surface area contributed by atoms with Gasteiger partial charge in [-0.05, 0) is 47.0 Å². The Labute approximate surface area is 120 Å². The molecule has 0 bridgehead atoms. The second-order valence-electron chi connectivity index (χ2n) is 4.63. The van der Waals surface area contributed by atoms with Crippen molar-refractivity contribution in [3.63, 3.8) is 0 Å². The van der Waals surface area contributed by atoms with Crippen LogP contribution in [0.15, 0.2) is 33.5 Å². The van der Waals surface area contributed by atoms with Gasteiger partial charge in [-0.15, -0.1) is 0 Å². The molecule has 2 aromatic rings. The molecule has 1 aromatic carbocycles. The second kappa shape index (κ2) is 5.35. The van der Waals surface area contributed by atoms with Crippen molar-refractivity contribution < 1.29 is 9.15 Å². The highest BCUT2D eigenvalue weighted by Gasteiger charge is 2.21. The summed E-state index contributed by atoms with van der Waals surface area (Å²) in [6.45, 7) is 0.750. The summed E-state index contributed by atoms with van der Waals surface area (Å²) < 4.78 is 11.7. The Morgan fingerprint density at radius 2 is 2.32 bits per heavy atom. The molecule has 19 heavy (non-hydrogen) atoms. The number of methoxy groups -OCH3 is 1. The fraction of sp³-hybridized carbons (Fsp3) is 0.357. The summed E-state index contributed by atoms with van der Waals surface area (Å²) in [5.74, 6) is 1.62. The van der Waals surface area contributed by atoms with Gasteiger partial charge in [0, 0.05) is 18.2 Å². The Bertz CT molecular complexity index is 579. The van der Waals surface area contributed by atoms with Crippen LogP contribution in [0.5, 0.6) is 5.75 Å². The van der Waals surface area contributed by atoms with E-state index in [2.05, 4.69) is 26.2 Å². The van der Waals surface area contributed by atoms with Gasteiger partial charge < -0.3 is 14.5 Å². The lowest BCUT2D eigenvalue weighted by molar-refractivity contribution is 0.412. The van der Waals surface area contributed by atoms with Crippen LogP contribution in [0.2, 0.25) is 0 Å². The number of rotatable bonds is 5. The first kappa shape index (κ1) is 12.7. The van der Waals surface area contributed by atoms with Crippen LogP contribution in [0, 0.1) is 0 Å².